The van der Waals surface area contributed by atoms with E-state index in [9.17, 15) is 23.1 Å². The van der Waals surface area contributed by atoms with Crippen molar-refractivity contribution in [1.29, 1.82) is 0 Å². The van der Waals surface area contributed by atoms with Gasteiger partial charge in [-0.15, -0.1) is 0 Å². The van der Waals surface area contributed by atoms with Crippen LogP contribution >= 0.6 is 23.2 Å². The number of urea groups is 1. The number of rotatable bonds is 3. The molecule has 9 heteroatoms. The number of amides is 2. The molecule has 0 bridgehead atoms. The number of hydrogen-bond donors (Lipinski definition) is 1. The smallest absolute Gasteiger partial charge is 0.364 e. The largest absolute Gasteiger partial charge is 0.416 e. The second-order valence-electron chi connectivity index (χ2n) is 8.19. The predicted molar refractivity (Wildman–Crippen MR) is 121 cm³/mol. The molecule has 170 valence electrons. The molecule has 0 aromatic heterocycles. The Bertz CT molecular complexity index is 1230. The highest BCUT2D eigenvalue weighted by Gasteiger charge is 2.74. The second kappa shape index (κ2) is 7.38. The summed E-state index contributed by atoms with van der Waals surface area (Å²) in [6.07, 6.45) is -3.80. The first-order valence-electron chi connectivity index (χ1n) is 10.1. The summed E-state index contributed by atoms with van der Waals surface area (Å²) in [5, 5.41) is 13.1. The van der Waals surface area contributed by atoms with Crippen LogP contribution in [-0.2, 0) is 11.9 Å². The molecule has 4 nitrogen and oxygen atoms in total. The summed E-state index contributed by atoms with van der Waals surface area (Å²) < 4.78 is 40.5. The van der Waals surface area contributed by atoms with Gasteiger partial charge >= 0.3 is 12.2 Å². The maximum atomic E-state index is 13.8. The fourth-order valence-corrected chi connectivity index (χ4v) is 4.87. The van der Waals surface area contributed by atoms with E-state index < -0.39 is 29.0 Å². The molecule has 1 unspecified atom stereocenters. The second-order valence-corrected chi connectivity index (χ2v) is 9.06. The Morgan fingerprint density at radius 2 is 1.33 bits per heavy atom. The average Bonchev–Trinajstić information content (AvgIpc) is 3.55. The topological polar surface area (TPSA) is 43.8 Å². The summed E-state index contributed by atoms with van der Waals surface area (Å²) in [7, 11) is 0. The van der Waals surface area contributed by atoms with Gasteiger partial charge < -0.3 is 5.11 Å². The first-order valence-corrected chi connectivity index (χ1v) is 10.9. The van der Waals surface area contributed by atoms with Crippen LogP contribution in [0.25, 0.3) is 0 Å². The molecule has 2 amide bonds. The van der Waals surface area contributed by atoms with Crippen molar-refractivity contribution < 1.29 is 23.1 Å². The minimum atomic E-state index is -4.60. The van der Waals surface area contributed by atoms with E-state index in [4.69, 9.17) is 23.2 Å². The molecule has 1 spiro atoms. The average molecular weight is 493 g/mol. The van der Waals surface area contributed by atoms with E-state index in [0.717, 1.165) is 17.0 Å². The van der Waals surface area contributed by atoms with Crippen molar-refractivity contribution >= 4 is 40.6 Å². The molecule has 1 saturated carbocycles. The lowest BCUT2D eigenvalue weighted by Gasteiger charge is -2.38. The molecule has 33 heavy (non-hydrogen) atoms. The van der Waals surface area contributed by atoms with Crippen LogP contribution in [0.4, 0.5) is 29.3 Å². The maximum absolute atomic E-state index is 13.8. The number of halogens is 5. The zero-order valence-corrected chi connectivity index (χ0v) is 18.5. The summed E-state index contributed by atoms with van der Waals surface area (Å²) in [5.74, 6) is 0. The van der Waals surface area contributed by atoms with Crippen LogP contribution in [0, 0.1) is 0 Å². The molecule has 1 heterocycles. The standard InChI is InChI=1S/C24H17Cl2F3N2O2/c25-17-4-8-19(9-5-17)30-21(32)31(20-10-6-18(26)7-11-20)23(33,22(30)12-13-22)15-2-1-3-16(14-15)24(27,28)29/h1-11,14,33H,12-13H2. The van der Waals surface area contributed by atoms with E-state index in [0.29, 0.717) is 34.3 Å². The Kier molecular flexibility index (Phi) is 4.94. The van der Waals surface area contributed by atoms with E-state index in [1.165, 1.54) is 17.0 Å². The third-order valence-corrected chi connectivity index (χ3v) is 6.77. The highest BCUT2D eigenvalue weighted by atomic mass is 35.5. The Morgan fingerprint density at radius 1 is 0.818 bits per heavy atom. The van der Waals surface area contributed by atoms with Crippen molar-refractivity contribution in [2.75, 3.05) is 9.80 Å². The van der Waals surface area contributed by atoms with E-state index in [1.54, 1.807) is 48.5 Å². The van der Waals surface area contributed by atoms with Gasteiger partial charge in [0.1, 0.15) is 5.54 Å². The molecule has 5 rings (SSSR count). The molecule has 1 aliphatic carbocycles. The van der Waals surface area contributed by atoms with Crippen LogP contribution in [0.2, 0.25) is 10.0 Å². The summed E-state index contributed by atoms with van der Waals surface area (Å²) >= 11 is 12.0. The van der Waals surface area contributed by atoms with Gasteiger partial charge in [0.05, 0.1) is 5.56 Å². The highest BCUT2D eigenvalue weighted by molar-refractivity contribution is 6.31. The lowest BCUT2D eigenvalue weighted by Crippen LogP contribution is -2.51. The first-order chi connectivity index (χ1) is 15.6. The van der Waals surface area contributed by atoms with E-state index >= 15 is 0 Å². The Balaban J connectivity index is 1.74. The van der Waals surface area contributed by atoms with Crippen LogP contribution in [-0.4, -0.2) is 16.7 Å². The van der Waals surface area contributed by atoms with Gasteiger partial charge in [0, 0.05) is 27.0 Å². The van der Waals surface area contributed by atoms with Gasteiger partial charge in [-0.2, -0.15) is 13.2 Å². The van der Waals surface area contributed by atoms with Crippen molar-refractivity contribution in [2.45, 2.75) is 30.3 Å². The van der Waals surface area contributed by atoms with Gasteiger partial charge in [-0.1, -0.05) is 35.3 Å². The fourth-order valence-electron chi connectivity index (χ4n) is 4.62. The lowest BCUT2D eigenvalue weighted by atomic mass is 9.90. The summed E-state index contributed by atoms with van der Waals surface area (Å²) in [4.78, 5) is 16.4. The number of aliphatic hydroxyl groups is 1. The van der Waals surface area contributed by atoms with Crippen molar-refractivity contribution in [3.8, 4) is 0 Å². The van der Waals surface area contributed by atoms with Gasteiger partial charge in [0.2, 0.25) is 0 Å². The normalized spacial score (nSPS) is 21.7. The van der Waals surface area contributed by atoms with Crippen LogP contribution in [0.15, 0.2) is 72.8 Å². The van der Waals surface area contributed by atoms with Gasteiger partial charge in [-0.3, -0.25) is 9.80 Å². The quantitative estimate of drug-likeness (QED) is 0.435. The van der Waals surface area contributed by atoms with Crippen molar-refractivity contribution in [1.82, 2.24) is 0 Å². The predicted octanol–water partition coefficient (Wildman–Crippen LogP) is 6.84. The Hall–Kier alpha value is -2.74. The molecule has 2 aliphatic rings. The molecule has 1 saturated heterocycles. The number of benzene rings is 3. The van der Waals surface area contributed by atoms with Gasteiger partial charge in [0.25, 0.3) is 0 Å². The van der Waals surface area contributed by atoms with Crippen molar-refractivity contribution in [3.05, 3.63) is 94.0 Å². The lowest BCUT2D eigenvalue weighted by molar-refractivity contribution is -0.137. The number of alkyl halides is 3. The molecule has 1 atom stereocenters. The van der Waals surface area contributed by atoms with E-state index in [2.05, 4.69) is 0 Å². The number of carbonyl (C=O) groups excluding carboxylic acids is 1. The van der Waals surface area contributed by atoms with Crippen LogP contribution in [0.5, 0.6) is 0 Å². The molecule has 1 N–H and O–H groups in total. The molecule has 1 aliphatic heterocycles. The minimum Gasteiger partial charge on any atom is -0.364 e. The summed E-state index contributed by atoms with van der Waals surface area (Å²) in [5.41, 5.74) is -3.33. The SMILES string of the molecule is O=C1N(c2ccc(Cl)cc2)C2(CC2)C(O)(c2cccc(C(F)(F)F)c2)N1c1ccc(Cl)cc1. The van der Waals surface area contributed by atoms with E-state index in [1.807, 2.05) is 0 Å². The van der Waals surface area contributed by atoms with Gasteiger partial charge in [0.15, 0.2) is 5.72 Å². The number of anilines is 2. The molecular formula is C24H17Cl2F3N2O2. The minimum absolute atomic E-state index is 0.0189. The van der Waals surface area contributed by atoms with Crippen LogP contribution in [0.1, 0.15) is 24.0 Å². The molecule has 2 fully saturated rings. The summed E-state index contributed by atoms with van der Waals surface area (Å²) in [6.45, 7) is 0. The molecular weight excluding hydrogens is 476 g/mol. The Morgan fingerprint density at radius 3 is 1.82 bits per heavy atom. The first kappa shape index (κ1) is 22.1. The monoisotopic (exact) mass is 492 g/mol. The van der Waals surface area contributed by atoms with Crippen molar-refractivity contribution in [3.63, 3.8) is 0 Å². The third kappa shape index (κ3) is 3.29. The zero-order chi connectivity index (χ0) is 23.6. The number of hydrogen-bond acceptors (Lipinski definition) is 2. The maximum Gasteiger partial charge on any atom is 0.416 e. The molecule has 0 radical (unpaired) electrons. The van der Waals surface area contributed by atoms with Crippen LogP contribution < -0.4 is 9.80 Å². The van der Waals surface area contributed by atoms with Gasteiger partial charge in [-0.05, 0) is 73.5 Å². The van der Waals surface area contributed by atoms with Crippen LogP contribution in [0.3, 0.4) is 0 Å². The van der Waals surface area contributed by atoms with E-state index in [-0.39, 0.29) is 5.56 Å². The number of carbonyl (C=O) groups is 1. The zero-order valence-electron chi connectivity index (χ0n) is 17.0. The van der Waals surface area contributed by atoms with Crippen molar-refractivity contribution in [2.24, 2.45) is 0 Å². The Labute approximate surface area is 197 Å². The fraction of sp³-hybridized carbons (Fsp3) is 0.208. The number of nitrogens with zero attached hydrogens (tertiary/aromatic N) is 2. The molecule has 3 aromatic carbocycles. The highest BCUT2D eigenvalue weighted by Crippen LogP contribution is 2.62. The third-order valence-electron chi connectivity index (χ3n) is 6.27. The summed E-state index contributed by atoms with van der Waals surface area (Å²) in [6, 6.07) is 16.7. The van der Waals surface area contributed by atoms with Gasteiger partial charge in [-0.25, -0.2) is 4.79 Å². The molecule has 3 aromatic rings.